The summed E-state index contributed by atoms with van der Waals surface area (Å²) in [7, 11) is -2.50. The Balaban J connectivity index is 2.44. The highest BCUT2D eigenvalue weighted by Crippen LogP contribution is 2.38. The Morgan fingerprint density at radius 1 is 1.52 bits per heavy atom. The van der Waals surface area contributed by atoms with Gasteiger partial charge in [0.05, 0.1) is 17.5 Å². The van der Waals surface area contributed by atoms with Gasteiger partial charge in [-0.15, -0.1) is 0 Å². The minimum absolute atomic E-state index is 0.0506. The summed E-state index contributed by atoms with van der Waals surface area (Å²) < 4.78 is 32.0. The quantitative estimate of drug-likeness (QED) is 0.840. The van der Waals surface area contributed by atoms with E-state index >= 15 is 0 Å². The maximum Gasteiger partial charge on any atom is 0.307 e. The zero-order valence-corrected chi connectivity index (χ0v) is 14.2. The van der Waals surface area contributed by atoms with E-state index in [4.69, 9.17) is 21.4 Å². The van der Waals surface area contributed by atoms with Crippen LogP contribution in [0, 0.1) is 5.92 Å². The summed E-state index contributed by atoms with van der Waals surface area (Å²) in [6.07, 6.45) is 0.290. The standard InChI is InChI=1S/C12H13BrClNO5S/c1-20-11-9(13)4-8(14)5-10(11)21(18,19)15-3-2-7(6-15)12(16)17/h4-5,7H,2-3,6H2,1H3,(H,16,17). The van der Waals surface area contributed by atoms with E-state index < -0.39 is 21.9 Å². The zero-order valence-electron chi connectivity index (χ0n) is 11.0. The molecule has 116 valence electrons. The lowest BCUT2D eigenvalue weighted by molar-refractivity contribution is -0.141. The number of hydrogen-bond acceptors (Lipinski definition) is 4. The first-order valence-corrected chi connectivity index (χ1v) is 8.64. The predicted molar refractivity (Wildman–Crippen MR) is 80.2 cm³/mol. The molecule has 1 aliphatic rings. The van der Waals surface area contributed by atoms with Gasteiger partial charge in [0.2, 0.25) is 10.0 Å². The van der Waals surface area contributed by atoms with E-state index in [1.54, 1.807) is 0 Å². The topological polar surface area (TPSA) is 83.9 Å². The summed E-state index contributed by atoms with van der Waals surface area (Å²) in [6.45, 7) is 0.109. The molecule has 1 saturated heterocycles. The van der Waals surface area contributed by atoms with Gasteiger partial charge in [-0.2, -0.15) is 4.31 Å². The third kappa shape index (κ3) is 3.18. The van der Waals surface area contributed by atoms with Gasteiger partial charge >= 0.3 is 5.97 Å². The van der Waals surface area contributed by atoms with Gasteiger partial charge in [-0.3, -0.25) is 4.79 Å². The Hall–Kier alpha value is -0.830. The molecule has 0 radical (unpaired) electrons. The number of carboxylic acid groups (broad SMARTS) is 1. The maximum absolute atomic E-state index is 12.7. The van der Waals surface area contributed by atoms with Crippen LogP contribution in [0.4, 0.5) is 0 Å². The Labute approximate surface area is 135 Å². The van der Waals surface area contributed by atoms with Crippen molar-refractivity contribution in [2.75, 3.05) is 20.2 Å². The van der Waals surface area contributed by atoms with Crippen molar-refractivity contribution in [3.05, 3.63) is 21.6 Å². The average molecular weight is 399 g/mol. The number of methoxy groups -OCH3 is 1. The molecule has 1 aromatic rings. The second-order valence-electron chi connectivity index (χ2n) is 4.61. The summed E-state index contributed by atoms with van der Waals surface area (Å²) >= 11 is 9.12. The molecule has 0 saturated carbocycles. The first-order chi connectivity index (χ1) is 9.77. The van der Waals surface area contributed by atoms with Crippen LogP contribution >= 0.6 is 27.5 Å². The fourth-order valence-electron chi connectivity index (χ4n) is 2.21. The summed E-state index contributed by atoms with van der Waals surface area (Å²) in [6, 6.07) is 2.83. The molecule has 1 N–H and O–H groups in total. The van der Waals surface area contributed by atoms with Crippen molar-refractivity contribution in [2.24, 2.45) is 5.92 Å². The van der Waals surface area contributed by atoms with Crippen molar-refractivity contribution in [3.8, 4) is 5.75 Å². The monoisotopic (exact) mass is 397 g/mol. The van der Waals surface area contributed by atoms with Crippen LogP contribution in [0.2, 0.25) is 5.02 Å². The van der Waals surface area contributed by atoms with Crippen LogP contribution in [-0.2, 0) is 14.8 Å². The molecule has 0 aromatic heterocycles. The van der Waals surface area contributed by atoms with E-state index in [1.807, 2.05) is 0 Å². The number of rotatable bonds is 4. The molecule has 1 aliphatic heterocycles. The Morgan fingerprint density at radius 2 is 2.19 bits per heavy atom. The van der Waals surface area contributed by atoms with Gasteiger partial charge < -0.3 is 9.84 Å². The van der Waals surface area contributed by atoms with Gasteiger partial charge in [-0.05, 0) is 34.5 Å². The lowest BCUT2D eigenvalue weighted by Gasteiger charge is -2.19. The van der Waals surface area contributed by atoms with Crippen molar-refractivity contribution < 1.29 is 23.1 Å². The molecule has 1 heterocycles. The normalized spacial score (nSPS) is 19.7. The Bertz CT molecular complexity index is 678. The molecule has 21 heavy (non-hydrogen) atoms. The van der Waals surface area contributed by atoms with Gasteiger partial charge in [0.1, 0.15) is 4.90 Å². The van der Waals surface area contributed by atoms with Crippen LogP contribution in [0.25, 0.3) is 0 Å². The van der Waals surface area contributed by atoms with E-state index in [1.165, 1.54) is 19.2 Å². The summed E-state index contributed by atoms with van der Waals surface area (Å²) in [4.78, 5) is 10.9. The number of ether oxygens (including phenoxy) is 1. The minimum Gasteiger partial charge on any atom is -0.494 e. The van der Waals surface area contributed by atoms with Gasteiger partial charge in [0, 0.05) is 18.1 Å². The van der Waals surface area contributed by atoms with Crippen LogP contribution in [0.3, 0.4) is 0 Å². The average Bonchev–Trinajstić information content (AvgIpc) is 2.88. The fraction of sp³-hybridized carbons (Fsp3) is 0.417. The molecule has 1 aromatic carbocycles. The number of aliphatic carboxylic acids is 1. The largest absolute Gasteiger partial charge is 0.494 e. The highest BCUT2D eigenvalue weighted by atomic mass is 79.9. The Morgan fingerprint density at radius 3 is 2.71 bits per heavy atom. The molecule has 2 rings (SSSR count). The summed E-state index contributed by atoms with van der Waals surface area (Å²) in [5.74, 6) is -1.53. The SMILES string of the molecule is COc1c(Br)cc(Cl)cc1S(=O)(=O)N1CCC(C(=O)O)C1. The number of carboxylic acids is 1. The van der Waals surface area contributed by atoms with Gasteiger partial charge in [-0.1, -0.05) is 11.6 Å². The van der Waals surface area contributed by atoms with Crippen molar-refractivity contribution >= 4 is 43.5 Å². The van der Waals surface area contributed by atoms with Crippen LogP contribution in [0.15, 0.2) is 21.5 Å². The molecule has 0 bridgehead atoms. The number of hydrogen-bond donors (Lipinski definition) is 1. The smallest absolute Gasteiger partial charge is 0.307 e. The van der Waals surface area contributed by atoms with Crippen molar-refractivity contribution in [1.29, 1.82) is 0 Å². The Kier molecular flexibility index (Phi) is 4.82. The summed E-state index contributed by atoms with van der Waals surface area (Å²) in [5, 5.41) is 9.23. The molecule has 1 atom stereocenters. The zero-order chi connectivity index (χ0) is 15.8. The predicted octanol–water partition coefficient (Wildman–Crippen LogP) is 2.21. The van der Waals surface area contributed by atoms with Crippen molar-refractivity contribution in [2.45, 2.75) is 11.3 Å². The van der Waals surface area contributed by atoms with Crippen LogP contribution in [0.1, 0.15) is 6.42 Å². The third-order valence-corrected chi connectivity index (χ3v) is 5.97. The van der Waals surface area contributed by atoms with E-state index in [2.05, 4.69) is 15.9 Å². The van der Waals surface area contributed by atoms with E-state index in [0.717, 1.165) is 4.31 Å². The van der Waals surface area contributed by atoms with Crippen LogP contribution in [0.5, 0.6) is 5.75 Å². The van der Waals surface area contributed by atoms with Gasteiger partial charge in [0.25, 0.3) is 0 Å². The number of sulfonamides is 1. The number of halogens is 2. The molecule has 6 nitrogen and oxygen atoms in total. The van der Waals surface area contributed by atoms with Crippen molar-refractivity contribution in [3.63, 3.8) is 0 Å². The number of benzene rings is 1. The molecule has 9 heteroatoms. The second kappa shape index (κ2) is 6.12. The minimum atomic E-state index is -3.86. The van der Waals surface area contributed by atoms with Crippen molar-refractivity contribution in [1.82, 2.24) is 4.31 Å². The van der Waals surface area contributed by atoms with E-state index in [0.29, 0.717) is 10.9 Å². The second-order valence-corrected chi connectivity index (χ2v) is 7.80. The lowest BCUT2D eigenvalue weighted by atomic mass is 10.1. The molecule has 0 aliphatic carbocycles. The van der Waals surface area contributed by atoms with Gasteiger partial charge in [0.15, 0.2) is 5.75 Å². The molecule has 0 amide bonds. The lowest BCUT2D eigenvalue weighted by Crippen LogP contribution is -2.30. The number of carbonyl (C=O) groups is 1. The molecule has 1 fully saturated rings. The first kappa shape index (κ1) is 16.5. The molecular formula is C12H13BrClNO5S. The van der Waals surface area contributed by atoms with E-state index in [9.17, 15) is 13.2 Å². The molecular weight excluding hydrogens is 386 g/mol. The fourth-order valence-corrected chi connectivity index (χ4v) is 5.09. The molecule has 0 spiro atoms. The number of nitrogens with zero attached hydrogens (tertiary/aromatic N) is 1. The van der Waals surface area contributed by atoms with Crippen LogP contribution < -0.4 is 4.74 Å². The highest BCUT2D eigenvalue weighted by Gasteiger charge is 2.37. The van der Waals surface area contributed by atoms with Crippen LogP contribution in [-0.4, -0.2) is 44.0 Å². The van der Waals surface area contributed by atoms with E-state index in [-0.39, 0.29) is 28.8 Å². The first-order valence-electron chi connectivity index (χ1n) is 6.03. The summed E-state index contributed by atoms with van der Waals surface area (Å²) in [5.41, 5.74) is 0. The molecule has 1 unspecified atom stereocenters. The maximum atomic E-state index is 12.7. The highest BCUT2D eigenvalue weighted by molar-refractivity contribution is 9.10. The van der Waals surface area contributed by atoms with Gasteiger partial charge in [-0.25, -0.2) is 8.42 Å². The third-order valence-electron chi connectivity index (χ3n) is 3.30.